The molecule has 104 valence electrons. The molecule has 0 N–H and O–H groups in total. The second-order valence-electron chi connectivity index (χ2n) is 4.96. The molecule has 0 saturated carbocycles. The van der Waals surface area contributed by atoms with E-state index in [4.69, 9.17) is 0 Å². The summed E-state index contributed by atoms with van der Waals surface area (Å²) in [5.41, 5.74) is 1.35. The van der Waals surface area contributed by atoms with Gasteiger partial charge in [-0.2, -0.15) is 0 Å². The summed E-state index contributed by atoms with van der Waals surface area (Å²) < 4.78 is 0.223. The molecule has 1 aromatic carbocycles. The molecule has 0 aromatic heterocycles. The summed E-state index contributed by atoms with van der Waals surface area (Å²) in [6, 6.07) is 6.92. The molecule has 0 spiro atoms. The number of carbonyl (C=O) groups is 2. The summed E-state index contributed by atoms with van der Waals surface area (Å²) >= 11 is 0. The van der Waals surface area contributed by atoms with E-state index in [1.165, 1.54) is 0 Å². The van der Waals surface area contributed by atoms with Crippen molar-refractivity contribution in [1.82, 2.24) is 0 Å². The Morgan fingerprint density at radius 1 is 1.16 bits per heavy atom. The quantitative estimate of drug-likeness (QED) is 0.431. The predicted octanol–water partition coefficient (Wildman–Crippen LogP) is -0.314. The summed E-state index contributed by atoms with van der Waals surface area (Å²) in [5, 5.41) is 0. The predicted molar refractivity (Wildman–Crippen MR) is 72.6 cm³/mol. The molecule has 0 bridgehead atoms. The van der Waals surface area contributed by atoms with Gasteiger partial charge in [0.1, 0.15) is 0 Å². The van der Waals surface area contributed by atoms with Crippen molar-refractivity contribution in [2.24, 2.45) is 0 Å². The molecule has 19 heavy (non-hydrogen) atoms. The first-order chi connectivity index (χ1) is 8.31. The lowest BCUT2D eigenvalue weighted by Crippen LogP contribution is -3.00. The van der Waals surface area contributed by atoms with Crippen LogP contribution in [0.5, 0.6) is 0 Å². The van der Waals surface area contributed by atoms with Crippen LogP contribution in [0.1, 0.15) is 34.6 Å². The second kappa shape index (κ2) is 6.64. The number of benzene rings is 1. The van der Waals surface area contributed by atoms with Crippen LogP contribution < -0.4 is 12.4 Å². The fraction of sp³-hybridized carbons (Fsp3) is 0.333. The third kappa shape index (κ3) is 3.75. The molecule has 1 amide bonds. The first-order valence-electron chi connectivity index (χ1n) is 5.98. The Labute approximate surface area is 120 Å². The van der Waals surface area contributed by atoms with E-state index >= 15 is 0 Å². The molecule has 0 fully saturated rings. The van der Waals surface area contributed by atoms with Gasteiger partial charge in [-0.15, -0.1) is 0 Å². The van der Waals surface area contributed by atoms with Gasteiger partial charge in [-0.3, -0.25) is 9.28 Å². The fourth-order valence-corrected chi connectivity index (χ4v) is 1.57. The molecule has 0 unspecified atom stereocenters. The number of quaternary nitrogens is 1. The Hall–Kier alpha value is -1.45. The lowest BCUT2D eigenvalue weighted by molar-refractivity contribution is -0.805. The van der Waals surface area contributed by atoms with Crippen molar-refractivity contribution in [3.05, 3.63) is 47.5 Å². The third-order valence-corrected chi connectivity index (χ3v) is 3.13. The number of nitrogens with zero attached hydrogens (tertiary/aromatic N) is 1. The van der Waals surface area contributed by atoms with Gasteiger partial charge in [0.15, 0.2) is 5.78 Å². The van der Waals surface area contributed by atoms with Crippen LogP contribution in [0.2, 0.25) is 0 Å². The third-order valence-electron chi connectivity index (χ3n) is 3.13. The van der Waals surface area contributed by atoms with Gasteiger partial charge in [0, 0.05) is 5.56 Å². The molecule has 0 atom stereocenters. The van der Waals surface area contributed by atoms with Gasteiger partial charge < -0.3 is 12.4 Å². The van der Waals surface area contributed by atoms with Crippen LogP contribution >= 0.6 is 0 Å². The van der Waals surface area contributed by atoms with E-state index < -0.39 is 0 Å². The van der Waals surface area contributed by atoms with E-state index in [2.05, 4.69) is 6.58 Å². The molecule has 4 heteroatoms. The van der Waals surface area contributed by atoms with Gasteiger partial charge in [-0.25, -0.2) is 4.79 Å². The molecule has 0 aliphatic carbocycles. The Balaban J connectivity index is 0.00000324. The van der Waals surface area contributed by atoms with Gasteiger partial charge in [0.2, 0.25) is 0 Å². The van der Waals surface area contributed by atoms with E-state index in [1.54, 1.807) is 31.2 Å². The van der Waals surface area contributed by atoms with Gasteiger partial charge in [0.25, 0.3) is 0 Å². The highest BCUT2D eigenvalue weighted by molar-refractivity contribution is 6.13. The normalized spacial score (nSPS) is 10.5. The maximum absolute atomic E-state index is 12.4. The molecule has 0 heterocycles. The molecule has 0 radical (unpaired) electrons. The van der Waals surface area contributed by atoms with Crippen molar-refractivity contribution in [3.63, 3.8) is 0 Å². The Bertz CT molecular complexity index is 507. The van der Waals surface area contributed by atoms with Crippen molar-refractivity contribution in [2.45, 2.75) is 13.8 Å². The second-order valence-corrected chi connectivity index (χ2v) is 4.96. The highest BCUT2D eigenvalue weighted by atomic mass is 35.5. The minimum Gasteiger partial charge on any atom is -1.00 e. The Morgan fingerprint density at radius 2 is 1.63 bits per heavy atom. The van der Waals surface area contributed by atoms with Crippen LogP contribution in [-0.2, 0) is 0 Å². The SMILES string of the molecule is C=C(C)C(=O)c1ccccc1C(=O)[N+](C)(C)CC.[Cl-]. The van der Waals surface area contributed by atoms with E-state index in [9.17, 15) is 9.59 Å². The van der Waals surface area contributed by atoms with Crippen LogP contribution in [0.25, 0.3) is 0 Å². The summed E-state index contributed by atoms with van der Waals surface area (Å²) in [4.78, 5) is 24.5. The van der Waals surface area contributed by atoms with Crippen LogP contribution in [-0.4, -0.2) is 36.8 Å². The Morgan fingerprint density at radius 3 is 2.05 bits per heavy atom. The average molecular weight is 282 g/mol. The standard InChI is InChI=1S/C15H20NO2.ClH/c1-6-16(4,5)15(18)13-10-8-7-9-12(13)14(17)11(2)3;/h7-10H,2,6H2,1,3-5H3;1H/q+1;/p-1. The van der Waals surface area contributed by atoms with Gasteiger partial charge in [-0.05, 0) is 25.5 Å². The first kappa shape index (κ1) is 17.6. The lowest BCUT2D eigenvalue weighted by Gasteiger charge is -2.25. The Kier molecular flexibility index (Phi) is 6.13. The van der Waals surface area contributed by atoms with Crippen LogP contribution in [0, 0.1) is 0 Å². The zero-order chi connectivity index (χ0) is 13.9. The monoisotopic (exact) mass is 281 g/mol. The van der Waals surface area contributed by atoms with E-state index in [0.29, 0.717) is 23.2 Å². The number of amides is 1. The van der Waals surface area contributed by atoms with E-state index in [1.807, 2.05) is 21.0 Å². The largest absolute Gasteiger partial charge is 1.00 e. The highest BCUT2D eigenvalue weighted by Crippen LogP contribution is 2.17. The van der Waals surface area contributed by atoms with Crippen molar-refractivity contribution >= 4 is 11.7 Å². The van der Waals surface area contributed by atoms with Crippen molar-refractivity contribution in [2.75, 3.05) is 20.6 Å². The molecule has 1 aromatic rings. The minimum absolute atomic E-state index is 0. The molecular formula is C15H20ClNO2. The highest BCUT2D eigenvalue weighted by Gasteiger charge is 2.29. The zero-order valence-electron chi connectivity index (χ0n) is 11.9. The topological polar surface area (TPSA) is 34.1 Å². The van der Waals surface area contributed by atoms with Crippen molar-refractivity contribution < 1.29 is 26.5 Å². The number of allylic oxidation sites excluding steroid dienone is 1. The molecule has 3 nitrogen and oxygen atoms in total. The number of ketones is 1. The number of hydrogen-bond acceptors (Lipinski definition) is 2. The number of rotatable bonds is 4. The summed E-state index contributed by atoms with van der Waals surface area (Å²) in [6.45, 7) is 7.92. The first-order valence-corrected chi connectivity index (χ1v) is 5.98. The molecular weight excluding hydrogens is 262 g/mol. The zero-order valence-corrected chi connectivity index (χ0v) is 12.6. The van der Waals surface area contributed by atoms with Gasteiger partial charge >= 0.3 is 5.91 Å². The maximum atomic E-state index is 12.4. The smallest absolute Gasteiger partial charge is 0.346 e. The number of hydrogen-bond donors (Lipinski definition) is 0. The minimum atomic E-state index is -0.171. The van der Waals surface area contributed by atoms with E-state index in [-0.39, 0.29) is 28.6 Å². The number of Topliss-reactive ketones (excluding diaryl/α,β-unsaturated/α-hetero) is 1. The molecule has 0 saturated heterocycles. The molecule has 1 rings (SSSR count). The van der Waals surface area contributed by atoms with E-state index in [0.717, 1.165) is 0 Å². The fourth-order valence-electron chi connectivity index (χ4n) is 1.57. The number of halogens is 1. The molecule has 0 aliphatic rings. The maximum Gasteiger partial charge on any atom is 0.346 e. The summed E-state index contributed by atoms with van der Waals surface area (Å²) in [7, 11) is 3.68. The van der Waals surface area contributed by atoms with Crippen LogP contribution in [0.3, 0.4) is 0 Å². The average Bonchev–Trinajstić information content (AvgIpc) is 2.36. The van der Waals surface area contributed by atoms with Crippen LogP contribution in [0.4, 0.5) is 0 Å². The van der Waals surface area contributed by atoms with Gasteiger partial charge in [0.05, 0.1) is 26.2 Å². The molecule has 0 aliphatic heterocycles. The summed E-state index contributed by atoms with van der Waals surface area (Å²) in [5.74, 6) is -0.224. The summed E-state index contributed by atoms with van der Waals surface area (Å²) in [6.07, 6.45) is 0. The van der Waals surface area contributed by atoms with Crippen molar-refractivity contribution in [3.8, 4) is 0 Å². The number of carbonyl (C=O) groups excluding carboxylic acids is 2. The van der Waals surface area contributed by atoms with Crippen molar-refractivity contribution in [1.29, 1.82) is 0 Å². The van der Waals surface area contributed by atoms with Gasteiger partial charge in [-0.1, -0.05) is 24.8 Å². The lowest BCUT2D eigenvalue weighted by atomic mass is 9.98. The van der Waals surface area contributed by atoms with Crippen LogP contribution in [0.15, 0.2) is 36.4 Å².